The number of benzene rings is 2. The minimum absolute atomic E-state index is 0.268. The molecule has 22 heavy (non-hydrogen) atoms. The van der Waals surface area contributed by atoms with Crippen LogP contribution in [0.1, 0.15) is 5.56 Å². The van der Waals surface area contributed by atoms with Crippen LogP contribution in [0, 0.1) is 0 Å². The maximum Gasteiger partial charge on any atom is 0.329 e. The van der Waals surface area contributed by atoms with Crippen molar-refractivity contribution in [2.24, 2.45) is 0 Å². The molecule has 2 aromatic rings. The smallest absolute Gasteiger partial charge is 0.329 e. The van der Waals surface area contributed by atoms with Gasteiger partial charge >= 0.3 is 5.97 Å². The number of carbonyl (C=O) groups excluding carboxylic acids is 1. The highest BCUT2D eigenvalue weighted by molar-refractivity contribution is 5.79. The second-order valence-corrected chi connectivity index (χ2v) is 5.03. The van der Waals surface area contributed by atoms with Gasteiger partial charge in [-0.1, -0.05) is 48.5 Å². The van der Waals surface area contributed by atoms with E-state index in [4.69, 9.17) is 4.74 Å². The van der Waals surface area contributed by atoms with Crippen LogP contribution in [0.3, 0.4) is 0 Å². The minimum atomic E-state index is -0.400. The summed E-state index contributed by atoms with van der Waals surface area (Å²) in [4.78, 5) is 11.9. The summed E-state index contributed by atoms with van der Waals surface area (Å²) in [5, 5.41) is 6.50. The highest BCUT2D eigenvalue weighted by Gasteiger charge is 2.18. The van der Waals surface area contributed by atoms with Gasteiger partial charge in [-0.05, 0) is 30.7 Å². The average molecular weight is 298 g/mol. The van der Waals surface area contributed by atoms with E-state index in [0.29, 0.717) is 6.54 Å². The lowest BCUT2D eigenvalue weighted by atomic mass is 10.1. The van der Waals surface area contributed by atoms with Gasteiger partial charge < -0.3 is 15.4 Å². The summed E-state index contributed by atoms with van der Waals surface area (Å²) in [6, 6.07) is 19.5. The molecule has 0 fully saturated rings. The molecule has 4 heteroatoms. The summed E-state index contributed by atoms with van der Waals surface area (Å²) in [6.45, 7) is 1.34. The fourth-order valence-corrected chi connectivity index (χ4v) is 2.19. The third-order valence-electron chi connectivity index (χ3n) is 3.38. The molecule has 0 spiro atoms. The second-order valence-electron chi connectivity index (χ2n) is 5.03. The first-order valence-corrected chi connectivity index (χ1v) is 7.43. The van der Waals surface area contributed by atoms with Gasteiger partial charge in [0.05, 0.1) is 7.11 Å². The number of rotatable bonds is 8. The second kappa shape index (κ2) is 8.85. The first kappa shape index (κ1) is 16.0. The molecule has 116 valence electrons. The van der Waals surface area contributed by atoms with Gasteiger partial charge in [-0.15, -0.1) is 0 Å². The molecular formula is C18H22N2O2. The van der Waals surface area contributed by atoms with Crippen LogP contribution in [0.2, 0.25) is 0 Å². The molecule has 0 saturated heterocycles. The topological polar surface area (TPSA) is 50.4 Å². The maximum absolute atomic E-state index is 11.9. The van der Waals surface area contributed by atoms with E-state index < -0.39 is 6.04 Å². The van der Waals surface area contributed by atoms with Crippen molar-refractivity contribution in [3.05, 3.63) is 66.2 Å². The van der Waals surface area contributed by atoms with Crippen molar-refractivity contribution in [1.29, 1.82) is 0 Å². The fourth-order valence-electron chi connectivity index (χ4n) is 2.19. The first-order valence-electron chi connectivity index (χ1n) is 7.43. The van der Waals surface area contributed by atoms with Crippen LogP contribution in [-0.4, -0.2) is 32.2 Å². The van der Waals surface area contributed by atoms with Crippen LogP contribution in [0.25, 0.3) is 0 Å². The predicted molar refractivity (Wildman–Crippen MR) is 88.9 cm³/mol. The third kappa shape index (κ3) is 5.22. The third-order valence-corrected chi connectivity index (χ3v) is 3.38. The summed E-state index contributed by atoms with van der Waals surface area (Å²) in [5.41, 5.74) is 2.18. The quantitative estimate of drug-likeness (QED) is 0.581. The molecule has 1 atom stereocenters. The SMILES string of the molecule is COC(=O)C(CNCCc1ccccc1)Nc1ccccc1. The van der Waals surface area contributed by atoms with Crippen molar-refractivity contribution in [2.75, 3.05) is 25.5 Å². The van der Waals surface area contributed by atoms with Gasteiger partial charge in [0.1, 0.15) is 6.04 Å². The monoisotopic (exact) mass is 298 g/mol. The number of carbonyl (C=O) groups is 1. The number of hydrogen-bond acceptors (Lipinski definition) is 4. The minimum Gasteiger partial charge on any atom is -0.467 e. The lowest BCUT2D eigenvalue weighted by molar-refractivity contribution is -0.141. The predicted octanol–water partition coefficient (Wildman–Crippen LogP) is 2.47. The molecule has 1 unspecified atom stereocenters. The largest absolute Gasteiger partial charge is 0.467 e. The molecule has 0 heterocycles. The Morgan fingerprint density at radius 1 is 1.05 bits per heavy atom. The Balaban J connectivity index is 1.81. The van der Waals surface area contributed by atoms with Crippen LogP contribution in [0.4, 0.5) is 5.69 Å². The Bertz CT molecular complexity index is 558. The van der Waals surface area contributed by atoms with Crippen molar-refractivity contribution in [2.45, 2.75) is 12.5 Å². The normalized spacial score (nSPS) is 11.7. The van der Waals surface area contributed by atoms with E-state index >= 15 is 0 Å². The van der Waals surface area contributed by atoms with Crippen LogP contribution in [0.15, 0.2) is 60.7 Å². The number of esters is 1. The van der Waals surface area contributed by atoms with E-state index in [2.05, 4.69) is 22.8 Å². The van der Waals surface area contributed by atoms with E-state index in [9.17, 15) is 4.79 Å². The lowest BCUT2D eigenvalue weighted by Crippen LogP contribution is -2.40. The van der Waals surface area contributed by atoms with Gasteiger partial charge in [0, 0.05) is 12.2 Å². The molecular weight excluding hydrogens is 276 g/mol. The number of ether oxygens (including phenoxy) is 1. The summed E-state index contributed by atoms with van der Waals surface area (Å²) >= 11 is 0. The summed E-state index contributed by atoms with van der Waals surface area (Å²) in [5.74, 6) is -0.268. The van der Waals surface area contributed by atoms with Crippen molar-refractivity contribution < 1.29 is 9.53 Å². The Morgan fingerprint density at radius 2 is 1.68 bits per heavy atom. The molecule has 0 aromatic heterocycles. The van der Waals surface area contributed by atoms with Gasteiger partial charge in [-0.2, -0.15) is 0 Å². The van der Waals surface area contributed by atoms with Crippen LogP contribution in [0.5, 0.6) is 0 Å². The van der Waals surface area contributed by atoms with Gasteiger partial charge in [-0.3, -0.25) is 0 Å². The zero-order valence-corrected chi connectivity index (χ0v) is 12.8. The lowest BCUT2D eigenvalue weighted by Gasteiger charge is -2.18. The Kier molecular flexibility index (Phi) is 6.45. The van der Waals surface area contributed by atoms with Gasteiger partial charge in [0.25, 0.3) is 0 Å². The summed E-state index contributed by atoms with van der Waals surface area (Å²) in [6.07, 6.45) is 0.931. The summed E-state index contributed by atoms with van der Waals surface area (Å²) < 4.78 is 4.86. The molecule has 0 aliphatic rings. The molecule has 0 aliphatic carbocycles. The average Bonchev–Trinajstić information content (AvgIpc) is 2.58. The van der Waals surface area contributed by atoms with Gasteiger partial charge in [-0.25, -0.2) is 4.79 Å². The molecule has 0 amide bonds. The molecule has 2 N–H and O–H groups in total. The van der Waals surface area contributed by atoms with E-state index in [1.807, 2.05) is 48.5 Å². The number of anilines is 1. The van der Waals surface area contributed by atoms with E-state index in [1.54, 1.807) is 0 Å². The Labute approximate surface area is 131 Å². The van der Waals surface area contributed by atoms with Crippen molar-refractivity contribution in [1.82, 2.24) is 5.32 Å². The highest BCUT2D eigenvalue weighted by Crippen LogP contribution is 2.07. The van der Waals surface area contributed by atoms with E-state index in [0.717, 1.165) is 18.7 Å². The highest BCUT2D eigenvalue weighted by atomic mass is 16.5. The molecule has 4 nitrogen and oxygen atoms in total. The van der Waals surface area contributed by atoms with Crippen LogP contribution in [-0.2, 0) is 16.0 Å². The zero-order valence-electron chi connectivity index (χ0n) is 12.8. The van der Waals surface area contributed by atoms with Crippen molar-refractivity contribution >= 4 is 11.7 Å². The number of nitrogens with one attached hydrogen (secondary N) is 2. The van der Waals surface area contributed by atoms with Crippen molar-refractivity contribution in [3.8, 4) is 0 Å². The maximum atomic E-state index is 11.9. The molecule has 0 saturated carbocycles. The van der Waals surface area contributed by atoms with E-state index in [1.165, 1.54) is 12.7 Å². The molecule has 0 aliphatic heterocycles. The molecule has 2 aromatic carbocycles. The van der Waals surface area contributed by atoms with Crippen LogP contribution >= 0.6 is 0 Å². The number of para-hydroxylation sites is 1. The summed E-state index contributed by atoms with van der Waals surface area (Å²) in [7, 11) is 1.41. The van der Waals surface area contributed by atoms with Gasteiger partial charge in [0.2, 0.25) is 0 Å². The molecule has 2 rings (SSSR count). The Hall–Kier alpha value is -2.33. The van der Waals surface area contributed by atoms with Crippen LogP contribution < -0.4 is 10.6 Å². The van der Waals surface area contributed by atoms with Gasteiger partial charge in [0.15, 0.2) is 0 Å². The first-order chi connectivity index (χ1) is 10.8. The molecule has 0 radical (unpaired) electrons. The number of methoxy groups -OCH3 is 1. The van der Waals surface area contributed by atoms with E-state index in [-0.39, 0.29) is 5.97 Å². The Morgan fingerprint density at radius 3 is 2.32 bits per heavy atom. The van der Waals surface area contributed by atoms with Crippen molar-refractivity contribution in [3.63, 3.8) is 0 Å². The standard InChI is InChI=1S/C18H22N2O2/c1-22-18(21)17(20-16-10-6-3-7-11-16)14-19-13-12-15-8-4-2-5-9-15/h2-11,17,19-20H,12-14H2,1H3. The number of hydrogen-bond donors (Lipinski definition) is 2. The zero-order chi connectivity index (χ0) is 15.6. The molecule has 0 bridgehead atoms. The fraction of sp³-hybridized carbons (Fsp3) is 0.278.